The van der Waals surface area contributed by atoms with Crippen molar-refractivity contribution in [1.82, 2.24) is 10.2 Å². The second kappa shape index (κ2) is 5.14. The summed E-state index contributed by atoms with van der Waals surface area (Å²) in [6.45, 7) is 4.09. The number of nitrogens with zero attached hydrogens (tertiary/aromatic N) is 2. The fourth-order valence-corrected chi connectivity index (χ4v) is 2.83. The van der Waals surface area contributed by atoms with E-state index in [1.165, 1.54) is 22.6 Å². The van der Waals surface area contributed by atoms with Crippen molar-refractivity contribution < 1.29 is 14.3 Å². The Kier molecular flexibility index (Phi) is 3.31. The molecule has 6 heteroatoms. The van der Waals surface area contributed by atoms with E-state index >= 15 is 0 Å². The van der Waals surface area contributed by atoms with Crippen molar-refractivity contribution in [2.75, 3.05) is 0 Å². The molecule has 0 bridgehead atoms. The van der Waals surface area contributed by atoms with Gasteiger partial charge in [0.15, 0.2) is 0 Å². The number of thiophene rings is 1. The molecule has 1 aromatic carbocycles. The third kappa shape index (κ3) is 2.57. The molecule has 5 nitrogen and oxygen atoms in total. The van der Waals surface area contributed by atoms with Crippen molar-refractivity contribution in [2.45, 2.75) is 13.8 Å². The lowest BCUT2D eigenvalue weighted by molar-refractivity contribution is 0.0697. The Hall–Kier alpha value is -2.47. The number of carboxylic acids is 1. The predicted octanol–water partition coefficient (Wildman–Crippen LogP) is 3.78. The van der Waals surface area contributed by atoms with Gasteiger partial charge in [-0.3, -0.25) is 0 Å². The first kappa shape index (κ1) is 13.5. The molecule has 0 spiro atoms. The Bertz CT molecular complexity index is 783. The van der Waals surface area contributed by atoms with Gasteiger partial charge in [0.25, 0.3) is 5.89 Å². The molecule has 0 radical (unpaired) electrons. The molecule has 3 rings (SSSR count). The molecule has 3 aromatic rings. The second-order valence-electron chi connectivity index (χ2n) is 4.64. The fourth-order valence-electron chi connectivity index (χ4n) is 1.87. The van der Waals surface area contributed by atoms with Gasteiger partial charge in [0.1, 0.15) is 0 Å². The number of carbonyl (C=O) groups is 1. The number of benzene rings is 1. The van der Waals surface area contributed by atoms with Crippen LogP contribution in [0.3, 0.4) is 0 Å². The summed E-state index contributed by atoms with van der Waals surface area (Å²) in [4.78, 5) is 13.0. The molecule has 0 aliphatic rings. The summed E-state index contributed by atoms with van der Waals surface area (Å²) in [5.41, 5.74) is 2.12. The van der Waals surface area contributed by atoms with Crippen LogP contribution in [0.15, 0.2) is 34.7 Å². The van der Waals surface area contributed by atoms with E-state index in [9.17, 15) is 4.79 Å². The van der Waals surface area contributed by atoms with Crippen molar-refractivity contribution in [2.24, 2.45) is 0 Å². The molecule has 21 heavy (non-hydrogen) atoms. The molecule has 0 saturated heterocycles. The van der Waals surface area contributed by atoms with E-state index in [1.54, 1.807) is 23.5 Å². The normalized spacial score (nSPS) is 10.8. The van der Waals surface area contributed by atoms with Crippen LogP contribution in [0.4, 0.5) is 0 Å². The Labute approximate surface area is 124 Å². The zero-order valence-corrected chi connectivity index (χ0v) is 12.3. The van der Waals surface area contributed by atoms with Gasteiger partial charge in [0.2, 0.25) is 5.89 Å². The van der Waals surface area contributed by atoms with Crippen LogP contribution >= 0.6 is 11.3 Å². The van der Waals surface area contributed by atoms with Crippen molar-refractivity contribution >= 4 is 17.3 Å². The number of hydrogen-bond acceptors (Lipinski definition) is 5. The van der Waals surface area contributed by atoms with Gasteiger partial charge in [-0.25, -0.2) is 4.79 Å². The third-order valence-corrected chi connectivity index (χ3v) is 4.32. The average molecular weight is 300 g/mol. The smallest absolute Gasteiger partial charge is 0.335 e. The maximum absolute atomic E-state index is 10.8. The van der Waals surface area contributed by atoms with Gasteiger partial charge in [0, 0.05) is 10.4 Å². The molecular formula is C15H12N2O3S. The summed E-state index contributed by atoms with van der Waals surface area (Å²) in [5.74, 6) is -0.100. The number of carboxylic acid groups (broad SMARTS) is 1. The molecule has 2 heterocycles. The minimum absolute atomic E-state index is 0.225. The summed E-state index contributed by atoms with van der Waals surface area (Å²) in [7, 11) is 0. The standard InChI is InChI=1S/C15H12N2O3S/c1-8-7-12(21-9(8)2)14-17-16-13(20-14)10-3-5-11(6-4-10)15(18)19/h3-7H,1-2H3,(H,18,19). The highest BCUT2D eigenvalue weighted by Gasteiger charge is 2.13. The molecule has 0 aliphatic heterocycles. The summed E-state index contributed by atoms with van der Waals surface area (Å²) in [5, 5.41) is 16.9. The predicted molar refractivity (Wildman–Crippen MR) is 79.5 cm³/mol. The zero-order valence-electron chi connectivity index (χ0n) is 11.5. The topological polar surface area (TPSA) is 76.2 Å². The summed E-state index contributed by atoms with van der Waals surface area (Å²) < 4.78 is 5.67. The van der Waals surface area contributed by atoms with Gasteiger partial charge >= 0.3 is 5.97 Å². The van der Waals surface area contributed by atoms with Crippen LogP contribution in [-0.2, 0) is 0 Å². The van der Waals surface area contributed by atoms with Gasteiger partial charge in [-0.1, -0.05) is 0 Å². The lowest BCUT2D eigenvalue weighted by Crippen LogP contribution is -1.94. The first-order chi connectivity index (χ1) is 10.0. The maximum atomic E-state index is 10.8. The van der Waals surface area contributed by atoms with E-state index in [0.29, 0.717) is 17.3 Å². The van der Waals surface area contributed by atoms with E-state index in [0.717, 1.165) is 4.88 Å². The molecule has 106 valence electrons. The Morgan fingerprint density at radius 3 is 2.38 bits per heavy atom. The lowest BCUT2D eigenvalue weighted by Gasteiger charge is -1.96. The fraction of sp³-hybridized carbons (Fsp3) is 0.133. The maximum Gasteiger partial charge on any atom is 0.335 e. The van der Waals surface area contributed by atoms with Crippen LogP contribution in [0, 0.1) is 13.8 Å². The van der Waals surface area contributed by atoms with Crippen LogP contribution in [0.25, 0.3) is 22.2 Å². The van der Waals surface area contributed by atoms with Gasteiger partial charge in [0.05, 0.1) is 10.4 Å². The Morgan fingerprint density at radius 1 is 1.14 bits per heavy atom. The largest absolute Gasteiger partial charge is 0.478 e. The van der Waals surface area contributed by atoms with E-state index in [2.05, 4.69) is 10.2 Å². The van der Waals surface area contributed by atoms with Gasteiger partial charge < -0.3 is 9.52 Å². The third-order valence-electron chi connectivity index (χ3n) is 3.18. The second-order valence-corrected chi connectivity index (χ2v) is 5.90. The van der Waals surface area contributed by atoms with Crippen molar-refractivity contribution in [3.05, 3.63) is 46.3 Å². The Balaban J connectivity index is 1.92. The summed E-state index contributed by atoms with van der Waals surface area (Å²) in [6.07, 6.45) is 0. The monoisotopic (exact) mass is 300 g/mol. The van der Waals surface area contributed by atoms with Crippen LogP contribution in [-0.4, -0.2) is 21.3 Å². The summed E-state index contributed by atoms with van der Waals surface area (Å²) in [6, 6.07) is 8.37. The van der Waals surface area contributed by atoms with Crippen LogP contribution in [0.1, 0.15) is 20.8 Å². The van der Waals surface area contributed by atoms with Crippen LogP contribution in [0.2, 0.25) is 0 Å². The zero-order chi connectivity index (χ0) is 15.0. The number of aromatic carboxylic acids is 1. The number of rotatable bonds is 3. The molecule has 0 fully saturated rings. The van der Waals surface area contributed by atoms with Gasteiger partial charge in [-0.2, -0.15) is 0 Å². The summed E-state index contributed by atoms with van der Waals surface area (Å²) >= 11 is 1.61. The van der Waals surface area contributed by atoms with Crippen molar-refractivity contribution in [3.63, 3.8) is 0 Å². The average Bonchev–Trinajstić information content (AvgIpc) is 3.07. The molecule has 0 amide bonds. The molecule has 0 saturated carbocycles. The van der Waals surface area contributed by atoms with Crippen LogP contribution < -0.4 is 0 Å². The van der Waals surface area contributed by atoms with E-state index < -0.39 is 5.97 Å². The Morgan fingerprint density at radius 2 is 1.81 bits per heavy atom. The molecule has 0 aliphatic carbocycles. The van der Waals surface area contributed by atoms with Crippen molar-refractivity contribution in [1.29, 1.82) is 0 Å². The first-order valence-corrected chi connectivity index (χ1v) is 7.11. The molecule has 0 atom stereocenters. The quantitative estimate of drug-likeness (QED) is 0.796. The minimum Gasteiger partial charge on any atom is -0.478 e. The lowest BCUT2D eigenvalue weighted by atomic mass is 10.1. The number of aromatic nitrogens is 2. The van der Waals surface area contributed by atoms with Gasteiger partial charge in [-0.05, 0) is 49.7 Å². The van der Waals surface area contributed by atoms with Crippen LogP contribution in [0.5, 0.6) is 0 Å². The molecule has 2 aromatic heterocycles. The first-order valence-electron chi connectivity index (χ1n) is 6.29. The molecular weight excluding hydrogens is 288 g/mol. The number of aryl methyl sites for hydroxylation is 2. The number of hydrogen-bond donors (Lipinski definition) is 1. The van der Waals surface area contributed by atoms with Crippen molar-refractivity contribution in [3.8, 4) is 22.2 Å². The highest BCUT2D eigenvalue weighted by Crippen LogP contribution is 2.31. The van der Waals surface area contributed by atoms with E-state index in [-0.39, 0.29) is 5.56 Å². The molecule has 1 N–H and O–H groups in total. The van der Waals surface area contributed by atoms with E-state index in [1.807, 2.05) is 19.9 Å². The minimum atomic E-state index is -0.961. The SMILES string of the molecule is Cc1cc(-c2nnc(-c3ccc(C(=O)O)cc3)o2)sc1C. The highest BCUT2D eigenvalue weighted by atomic mass is 32.1. The van der Waals surface area contributed by atoms with Gasteiger partial charge in [-0.15, -0.1) is 21.5 Å². The van der Waals surface area contributed by atoms with E-state index in [4.69, 9.17) is 9.52 Å². The highest BCUT2D eigenvalue weighted by molar-refractivity contribution is 7.15. The molecule has 0 unspecified atom stereocenters.